The zero-order chi connectivity index (χ0) is 38.9. The normalized spacial score (nSPS) is 14.6. The molecule has 0 saturated carbocycles. The van der Waals surface area contributed by atoms with Crippen LogP contribution >= 0.6 is 0 Å². The molecule has 0 aromatic heterocycles. The monoisotopic (exact) mass is 718 g/mol. The number of urea groups is 1. The third-order valence-electron chi connectivity index (χ3n) is 9.04. The molecular formula is C36H54N4O11. The van der Waals surface area contributed by atoms with E-state index in [1.54, 1.807) is 54.5 Å². The van der Waals surface area contributed by atoms with Gasteiger partial charge in [-0.2, -0.15) is 5.26 Å². The van der Waals surface area contributed by atoms with Gasteiger partial charge in [0.25, 0.3) is 0 Å². The third-order valence-corrected chi connectivity index (χ3v) is 9.04. The van der Waals surface area contributed by atoms with E-state index in [1.165, 1.54) is 24.3 Å². The molecule has 0 aliphatic rings. The first kappa shape index (κ1) is 44.2. The molecular weight excluding hydrogens is 664 g/mol. The summed E-state index contributed by atoms with van der Waals surface area (Å²) in [7, 11) is 0. The largest absolute Gasteiger partial charge is 0.508 e. The molecule has 0 radical (unpaired) electrons. The summed E-state index contributed by atoms with van der Waals surface area (Å²) in [6, 6.07) is 6.98. The standard InChI is InChI=1S/C36H54N4O11/c1-8-34(5,28(43)44)15-16-35(6,30(46)49-9-2)17-18-36(7,24-33(3,4)29(45)50-22-20-38-27(42)14-19-37)31(47)51-23-21-39-32(48)40-25-10-12-26(41)13-11-25/h10-13,41H,8-9,14-18,20-24H2,1-7H3,(H,38,42)(H,43,44)(H2,39,40,48). The number of aromatic hydroxyl groups is 1. The lowest BCUT2D eigenvalue weighted by molar-refractivity contribution is -0.166. The molecule has 0 heterocycles. The molecule has 3 amide bonds. The number of ether oxygens (including phenoxy) is 3. The molecule has 1 aromatic rings. The number of hydrogen-bond acceptors (Lipinski definition) is 11. The molecule has 284 valence electrons. The summed E-state index contributed by atoms with van der Waals surface area (Å²) in [5, 5.41) is 35.5. The van der Waals surface area contributed by atoms with Gasteiger partial charge in [0.2, 0.25) is 5.91 Å². The van der Waals surface area contributed by atoms with Crippen LogP contribution < -0.4 is 16.0 Å². The molecule has 0 fully saturated rings. The number of amides is 3. The van der Waals surface area contributed by atoms with Crippen LogP contribution in [0.15, 0.2) is 24.3 Å². The van der Waals surface area contributed by atoms with Crippen LogP contribution in [0.2, 0.25) is 0 Å². The highest BCUT2D eigenvalue weighted by Gasteiger charge is 2.47. The van der Waals surface area contributed by atoms with Gasteiger partial charge < -0.3 is 40.4 Å². The number of anilines is 1. The van der Waals surface area contributed by atoms with E-state index in [0.717, 1.165) is 0 Å². The second kappa shape index (κ2) is 20.1. The van der Waals surface area contributed by atoms with E-state index in [1.807, 2.05) is 0 Å². The van der Waals surface area contributed by atoms with E-state index in [2.05, 4.69) is 16.0 Å². The number of esters is 3. The van der Waals surface area contributed by atoms with Crippen molar-refractivity contribution in [3.8, 4) is 11.8 Å². The van der Waals surface area contributed by atoms with Crippen LogP contribution in [-0.4, -0.2) is 78.9 Å². The number of aliphatic carboxylic acids is 1. The first-order valence-electron chi connectivity index (χ1n) is 17.0. The number of benzene rings is 1. The number of hydrogen-bond donors (Lipinski definition) is 5. The fraction of sp³-hybridized carbons (Fsp3) is 0.639. The molecule has 1 aromatic carbocycles. The smallest absolute Gasteiger partial charge is 0.319 e. The number of carbonyl (C=O) groups is 6. The van der Waals surface area contributed by atoms with Gasteiger partial charge in [0, 0.05) is 5.69 Å². The van der Waals surface area contributed by atoms with E-state index in [-0.39, 0.29) is 77.2 Å². The molecule has 51 heavy (non-hydrogen) atoms. The van der Waals surface area contributed by atoms with Crippen molar-refractivity contribution in [3.63, 3.8) is 0 Å². The minimum atomic E-state index is -1.37. The minimum Gasteiger partial charge on any atom is -0.508 e. The molecule has 0 aliphatic heterocycles. The maximum absolute atomic E-state index is 13.8. The number of carboxylic acids is 1. The van der Waals surface area contributed by atoms with E-state index < -0.39 is 57.5 Å². The van der Waals surface area contributed by atoms with Gasteiger partial charge in [0.05, 0.1) is 47.4 Å². The third kappa shape index (κ3) is 14.5. The summed E-state index contributed by atoms with van der Waals surface area (Å²) in [5.74, 6) is -3.34. The van der Waals surface area contributed by atoms with Crippen molar-refractivity contribution in [2.45, 2.75) is 93.4 Å². The van der Waals surface area contributed by atoms with Crippen molar-refractivity contribution < 1.29 is 53.2 Å². The molecule has 0 aliphatic carbocycles. The molecule has 0 bridgehead atoms. The summed E-state index contributed by atoms with van der Waals surface area (Å²) < 4.78 is 16.4. The second-order valence-corrected chi connectivity index (χ2v) is 14.0. The molecule has 5 N–H and O–H groups in total. The Bertz CT molecular complexity index is 1410. The number of carboxylic acid groups (broad SMARTS) is 1. The summed E-state index contributed by atoms with van der Waals surface area (Å²) in [4.78, 5) is 76.2. The Balaban J connectivity index is 3.17. The number of rotatable bonds is 22. The topological polar surface area (TPSA) is 230 Å². The summed E-state index contributed by atoms with van der Waals surface area (Å²) in [6.45, 7) is 11.1. The predicted octanol–water partition coefficient (Wildman–Crippen LogP) is 4.68. The van der Waals surface area contributed by atoms with Gasteiger partial charge in [-0.3, -0.25) is 24.0 Å². The molecule has 15 heteroatoms. The van der Waals surface area contributed by atoms with Crippen molar-refractivity contribution in [3.05, 3.63) is 24.3 Å². The van der Waals surface area contributed by atoms with Crippen LogP contribution in [0.3, 0.4) is 0 Å². The van der Waals surface area contributed by atoms with Crippen molar-refractivity contribution in [1.29, 1.82) is 5.26 Å². The van der Waals surface area contributed by atoms with Crippen LogP contribution in [0.4, 0.5) is 10.5 Å². The maximum atomic E-state index is 13.8. The van der Waals surface area contributed by atoms with Gasteiger partial charge in [-0.15, -0.1) is 0 Å². The molecule has 0 saturated heterocycles. The van der Waals surface area contributed by atoms with Gasteiger partial charge in [0.1, 0.15) is 25.4 Å². The number of nitrogens with one attached hydrogen (secondary N) is 3. The Morgan fingerprint density at radius 3 is 1.78 bits per heavy atom. The molecule has 0 spiro atoms. The molecule has 3 atom stereocenters. The van der Waals surface area contributed by atoms with E-state index in [0.29, 0.717) is 12.1 Å². The number of nitriles is 1. The lowest BCUT2D eigenvalue weighted by atomic mass is 9.67. The highest BCUT2D eigenvalue weighted by atomic mass is 16.5. The predicted molar refractivity (Wildman–Crippen MR) is 186 cm³/mol. The quantitative estimate of drug-likeness (QED) is 0.0476. The average Bonchev–Trinajstić information content (AvgIpc) is 3.07. The Kier molecular flexibility index (Phi) is 17.4. The van der Waals surface area contributed by atoms with Crippen molar-refractivity contribution in [2.24, 2.45) is 21.7 Å². The van der Waals surface area contributed by atoms with Crippen molar-refractivity contribution in [2.75, 3.05) is 38.2 Å². The summed E-state index contributed by atoms with van der Waals surface area (Å²) in [5.41, 5.74) is -4.45. The fourth-order valence-corrected chi connectivity index (χ4v) is 5.35. The molecule has 1 rings (SSSR count). The number of phenols is 1. The lowest BCUT2D eigenvalue weighted by Gasteiger charge is -2.37. The van der Waals surface area contributed by atoms with E-state index >= 15 is 0 Å². The lowest BCUT2D eigenvalue weighted by Crippen LogP contribution is -2.42. The minimum absolute atomic E-state index is 0.0140. The SMILES string of the molecule is CCOC(=O)C(C)(CCC(C)(CC)C(=O)O)CCC(C)(CC(C)(C)C(=O)OCCNC(=O)CC#N)C(=O)OCCNC(=O)Nc1ccc(O)cc1. The summed E-state index contributed by atoms with van der Waals surface area (Å²) in [6.07, 6.45) is 0.412. The average molecular weight is 719 g/mol. The van der Waals surface area contributed by atoms with E-state index in [4.69, 9.17) is 19.5 Å². The van der Waals surface area contributed by atoms with Crippen LogP contribution in [0.25, 0.3) is 0 Å². The Morgan fingerprint density at radius 2 is 1.25 bits per heavy atom. The van der Waals surface area contributed by atoms with Gasteiger partial charge in [0.15, 0.2) is 0 Å². The fourth-order valence-electron chi connectivity index (χ4n) is 5.35. The van der Waals surface area contributed by atoms with Crippen LogP contribution in [-0.2, 0) is 38.2 Å². The second-order valence-electron chi connectivity index (χ2n) is 14.0. The van der Waals surface area contributed by atoms with Gasteiger partial charge >= 0.3 is 29.9 Å². The summed E-state index contributed by atoms with van der Waals surface area (Å²) >= 11 is 0. The zero-order valence-electron chi connectivity index (χ0n) is 30.8. The van der Waals surface area contributed by atoms with Gasteiger partial charge in [-0.25, -0.2) is 4.79 Å². The molecule has 3 unspecified atom stereocenters. The first-order chi connectivity index (χ1) is 23.8. The number of nitrogens with zero attached hydrogens (tertiary/aromatic N) is 1. The van der Waals surface area contributed by atoms with Crippen LogP contribution in [0, 0.1) is 33.0 Å². The first-order valence-corrected chi connectivity index (χ1v) is 17.0. The maximum Gasteiger partial charge on any atom is 0.319 e. The molecule has 15 nitrogen and oxygen atoms in total. The van der Waals surface area contributed by atoms with Crippen LogP contribution in [0.5, 0.6) is 5.75 Å². The van der Waals surface area contributed by atoms with Crippen LogP contribution in [0.1, 0.15) is 93.4 Å². The van der Waals surface area contributed by atoms with Gasteiger partial charge in [-0.1, -0.05) is 6.92 Å². The van der Waals surface area contributed by atoms with Crippen molar-refractivity contribution >= 4 is 41.5 Å². The van der Waals surface area contributed by atoms with Crippen molar-refractivity contribution in [1.82, 2.24) is 10.6 Å². The number of carbonyl (C=O) groups excluding carboxylic acids is 5. The van der Waals surface area contributed by atoms with E-state index in [9.17, 15) is 39.0 Å². The van der Waals surface area contributed by atoms with Gasteiger partial charge in [-0.05, 0) is 104 Å². The number of phenolic OH excluding ortho intramolecular Hbond substituents is 1. The Labute approximate surface area is 299 Å². The highest BCUT2D eigenvalue weighted by molar-refractivity contribution is 5.89. The Hall–Kier alpha value is -4.87. The Morgan fingerprint density at radius 1 is 0.745 bits per heavy atom. The highest BCUT2D eigenvalue weighted by Crippen LogP contribution is 2.45. The zero-order valence-corrected chi connectivity index (χ0v) is 30.8.